The van der Waals surface area contributed by atoms with Gasteiger partial charge in [-0.2, -0.15) is 0 Å². The van der Waals surface area contributed by atoms with Crippen molar-refractivity contribution in [1.29, 1.82) is 0 Å². The van der Waals surface area contributed by atoms with Gasteiger partial charge in [0.25, 0.3) is 0 Å². The van der Waals surface area contributed by atoms with Gasteiger partial charge in [-0.3, -0.25) is 0 Å². The van der Waals surface area contributed by atoms with Crippen molar-refractivity contribution in [3.8, 4) is 0 Å². The first kappa shape index (κ1) is 25.3. The van der Waals surface area contributed by atoms with Crippen LogP contribution in [0.25, 0.3) is 0 Å². The minimum absolute atomic E-state index is 0. The molecule has 0 heterocycles. The van der Waals surface area contributed by atoms with Gasteiger partial charge in [-0.25, -0.2) is 0 Å². The first-order chi connectivity index (χ1) is 7.18. The van der Waals surface area contributed by atoms with Gasteiger partial charge >= 0.3 is 21.1 Å². The van der Waals surface area contributed by atoms with Crippen molar-refractivity contribution in [1.82, 2.24) is 0 Å². The molecule has 0 aromatic heterocycles. The van der Waals surface area contributed by atoms with E-state index < -0.39 is 11.9 Å². The minimum Gasteiger partial charge on any atom is -0.543 e. The predicted molar refractivity (Wildman–Crippen MR) is 55.4 cm³/mol. The molecule has 0 aromatic carbocycles. The zero-order chi connectivity index (χ0) is 13.7. The van der Waals surface area contributed by atoms with E-state index in [1.807, 2.05) is 13.8 Å². The predicted octanol–water partition coefficient (Wildman–Crippen LogP) is -4.93. The first-order valence-corrected chi connectivity index (χ1v) is 4.52. The fraction of sp³-hybridized carbons (Fsp3) is 0.750. The van der Waals surface area contributed by atoms with Crippen LogP contribution in [0.5, 0.6) is 0 Å². The molecule has 106 valence electrons. The standard InChI is InChI=1S/2C3H10N2.C2H2O4.Pt/c2*1-3(5)2-4;3-1(4)2(5)6;/h2*3H,2,4-5H2,1H3;(H,3,4)(H,5,6);/q;;;+2/p-2. The number of carboxylic acid groups (broad SMARTS) is 2. The fourth-order valence-corrected chi connectivity index (χ4v) is 0. The molecular weight excluding hydrogens is 411 g/mol. The molecule has 0 saturated heterocycles. The normalized spacial score (nSPS) is 11.4. The Kier molecular flexibility index (Phi) is 26.6. The third-order valence-corrected chi connectivity index (χ3v) is 0.910. The van der Waals surface area contributed by atoms with E-state index in [0.29, 0.717) is 13.1 Å². The molecule has 0 saturated carbocycles. The number of nitrogens with two attached hydrogens (primary N) is 4. The Morgan fingerprint density at radius 3 is 1.06 bits per heavy atom. The quantitative estimate of drug-likeness (QED) is 0.313. The van der Waals surface area contributed by atoms with E-state index in [4.69, 9.17) is 42.7 Å². The fourth-order valence-electron chi connectivity index (χ4n) is 0. The maximum absolute atomic E-state index is 8.93. The molecule has 0 bridgehead atoms. The maximum atomic E-state index is 8.93. The summed E-state index contributed by atoms with van der Waals surface area (Å²) in [5.41, 5.74) is 20.4. The molecule has 2 atom stereocenters. The number of rotatable bonds is 2. The first-order valence-electron chi connectivity index (χ1n) is 4.52. The van der Waals surface area contributed by atoms with Crippen LogP contribution in [0.2, 0.25) is 0 Å². The van der Waals surface area contributed by atoms with Crippen LogP contribution in [0.4, 0.5) is 0 Å². The molecule has 0 amide bonds. The molecule has 2 unspecified atom stereocenters. The van der Waals surface area contributed by atoms with Gasteiger partial charge in [0.05, 0.1) is 11.9 Å². The van der Waals surface area contributed by atoms with Crippen LogP contribution in [-0.4, -0.2) is 37.1 Å². The van der Waals surface area contributed by atoms with E-state index in [1.165, 1.54) is 0 Å². The topological polar surface area (TPSA) is 184 Å². The van der Waals surface area contributed by atoms with Crippen molar-refractivity contribution in [3.63, 3.8) is 0 Å². The zero-order valence-corrected chi connectivity index (χ0v) is 12.1. The third kappa shape index (κ3) is 50.3. The molecule has 0 radical (unpaired) electrons. The Hall–Kier alpha value is -0.532. The van der Waals surface area contributed by atoms with E-state index in [0.717, 1.165) is 0 Å². The van der Waals surface area contributed by atoms with Gasteiger partial charge < -0.3 is 42.7 Å². The number of carboxylic acids is 2. The number of carbonyl (C=O) groups is 2. The molecule has 0 aliphatic heterocycles. The van der Waals surface area contributed by atoms with Crippen molar-refractivity contribution >= 4 is 11.9 Å². The Balaban J connectivity index is -0.0000000729. The van der Waals surface area contributed by atoms with Crippen LogP contribution < -0.4 is 33.1 Å². The molecular formula is C8H20N4O4Pt. The van der Waals surface area contributed by atoms with E-state index in [1.54, 1.807) is 0 Å². The van der Waals surface area contributed by atoms with Crippen LogP contribution >= 0.6 is 0 Å². The summed E-state index contributed by atoms with van der Waals surface area (Å²) in [5, 5.41) is 17.9. The molecule has 8 N–H and O–H groups in total. The number of aliphatic carboxylic acids is 2. The van der Waals surface area contributed by atoms with Crippen molar-refractivity contribution in [2.24, 2.45) is 22.9 Å². The van der Waals surface area contributed by atoms with E-state index >= 15 is 0 Å². The molecule has 17 heavy (non-hydrogen) atoms. The van der Waals surface area contributed by atoms with Gasteiger partial charge in [-0.1, -0.05) is 0 Å². The van der Waals surface area contributed by atoms with Gasteiger partial charge in [0.15, 0.2) is 0 Å². The van der Waals surface area contributed by atoms with Crippen LogP contribution in [0.15, 0.2) is 0 Å². The monoisotopic (exact) mass is 431 g/mol. The summed E-state index contributed by atoms with van der Waals surface area (Å²) in [7, 11) is 0. The van der Waals surface area contributed by atoms with Gasteiger partial charge in [0.1, 0.15) is 0 Å². The SMILES string of the molecule is CC(N)CN.CC(N)CN.O=C([O-])C(=O)[O-].[Pt+2]. The van der Waals surface area contributed by atoms with Crippen molar-refractivity contribution in [2.75, 3.05) is 13.1 Å². The van der Waals surface area contributed by atoms with E-state index in [2.05, 4.69) is 0 Å². The van der Waals surface area contributed by atoms with Gasteiger partial charge in [-0.15, -0.1) is 0 Å². The molecule has 8 nitrogen and oxygen atoms in total. The van der Waals surface area contributed by atoms with Crippen molar-refractivity contribution in [2.45, 2.75) is 25.9 Å². The molecule has 0 aliphatic rings. The smallest absolute Gasteiger partial charge is 0.543 e. The van der Waals surface area contributed by atoms with Crippen LogP contribution in [-0.2, 0) is 30.7 Å². The Morgan fingerprint density at radius 2 is 1.06 bits per heavy atom. The molecule has 0 rings (SSSR count). The largest absolute Gasteiger partial charge is 2.00 e. The van der Waals surface area contributed by atoms with Gasteiger partial charge in [0, 0.05) is 25.2 Å². The number of hydrogen-bond donors (Lipinski definition) is 4. The molecule has 0 aliphatic carbocycles. The zero-order valence-electron chi connectivity index (χ0n) is 9.83. The summed E-state index contributed by atoms with van der Waals surface area (Å²) in [5.74, 6) is -4.37. The minimum atomic E-state index is -2.19. The Morgan fingerprint density at radius 1 is 0.941 bits per heavy atom. The number of hydrogen-bond acceptors (Lipinski definition) is 8. The van der Waals surface area contributed by atoms with Crippen molar-refractivity contribution in [3.05, 3.63) is 0 Å². The summed E-state index contributed by atoms with van der Waals surface area (Å²) in [4.78, 5) is 17.9. The van der Waals surface area contributed by atoms with Crippen LogP contribution in [0, 0.1) is 0 Å². The van der Waals surface area contributed by atoms with Crippen LogP contribution in [0.1, 0.15) is 13.8 Å². The second-order valence-electron chi connectivity index (χ2n) is 3.00. The molecule has 0 spiro atoms. The molecule has 9 heteroatoms. The van der Waals surface area contributed by atoms with Gasteiger partial charge in [-0.05, 0) is 13.8 Å². The molecule has 0 aromatic rings. The average Bonchev–Trinajstić information content (AvgIpc) is 2.19. The van der Waals surface area contributed by atoms with E-state index in [9.17, 15) is 0 Å². The van der Waals surface area contributed by atoms with Crippen molar-refractivity contribution < 1.29 is 40.9 Å². The summed E-state index contributed by atoms with van der Waals surface area (Å²) in [6.07, 6.45) is 0. The molecule has 0 fully saturated rings. The number of carbonyl (C=O) groups excluding carboxylic acids is 2. The summed E-state index contributed by atoms with van der Waals surface area (Å²) < 4.78 is 0. The Bertz CT molecular complexity index is 170. The van der Waals surface area contributed by atoms with Gasteiger partial charge in [0.2, 0.25) is 0 Å². The average molecular weight is 431 g/mol. The third-order valence-electron chi connectivity index (χ3n) is 0.910. The summed E-state index contributed by atoms with van der Waals surface area (Å²) in [6.45, 7) is 4.92. The second kappa shape index (κ2) is 17.9. The van der Waals surface area contributed by atoms with Crippen LogP contribution in [0.3, 0.4) is 0 Å². The Labute approximate surface area is 115 Å². The summed E-state index contributed by atoms with van der Waals surface area (Å²) in [6, 6.07) is 0.324. The second-order valence-corrected chi connectivity index (χ2v) is 3.00. The maximum Gasteiger partial charge on any atom is 2.00 e. The van der Waals surface area contributed by atoms with E-state index in [-0.39, 0.29) is 33.1 Å². The summed E-state index contributed by atoms with van der Waals surface area (Å²) >= 11 is 0.